The Kier molecular flexibility index (Phi) is 8.09. The van der Waals surface area contributed by atoms with Crippen LogP contribution in [0.1, 0.15) is 67.7 Å². The minimum Gasteiger partial charge on any atom is -0.311 e. The third-order valence-electron chi connectivity index (χ3n) is 3.21. The fraction of sp³-hybridized carbons (Fsp3) is 1.00. The van der Waals surface area contributed by atoms with Crippen LogP contribution in [0.25, 0.3) is 0 Å². The van der Waals surface area contributed by atoms with E-state index in [1.807, 2.05) is 0 Å². The van der Waals surface area contributed by atoms with E-state index in [4.69, 9.17) is 0 Å². The van der Waals surface area contributed by atoms with Crippen LogP contribution in [0.5, 0.6) is 0 Å². The van der Waals surface area contributed by atoms with Gasteiger partial charge in [-0.15, -0.1) is 0 Å². The van der Waals surface area contributed by atoms with Gasteiger partial charge in [-0.3, -0.25) is 0 Å². The lowest BCUT2D eigenvalue weighted by atomic mass is 9.92. The van der Waals surface area contributed by atoms with E-state index >= 15 is 0 Å². The second kappa shape index (κ2) is 8.11. The smallest absolute Gasteiger partial charge is 0.00900 e. The molecule has 0 bridgehead atoms. The van der Waals surface area contributed by atoms with Crippen molar-refractivity contribution in [3.05, 3.63) is 0 Å². The van der Waals surface area contributed by atoms with Gasteiger partial charge in [-0.05, 0) is 37.0 Å². The quantitative estimate of drug-likeness (QED) is 0.645. The summed E-state index contributed by atoms with van der Waals surface area (Å²) in [6.07, 6.45) is 3.85. The molecular weight excluding hydrogens is 194 g/mol. The molecule has 0 fully saturated rings. The van der Waals surface area contributed by atoms with Crippen molar-refractivity contribution in [3.8, 4) is 0 Å². The molecule has 1 unspecified atom stereocenters. The molecule has 0 aromatic rings. The zero-order chi connectivity index (χ0) is 12.7. The first kappa shape index (κ1) is 16.0. The molecule has 0 heterocycles. The first-order valence-electron chi connectivity index (χ1n) is 7.12. The fourth-order valence-corrected chi connectivity index (χ4v) is 2.45. The zero-order valence-corrected chi connectivity index (χ0v) is 12.5. The summed E-state index contributed by atoms with van der Waals surface area (Å²) in [6, 6.07) is 1.38. The molecule has 0 aliphatic heterocycles. The number of rotatable bonds is 8. The first-order valence-corrected chi connectivity index (χ1v) is 7.12. The second-order valence-corrected chi connectivity index (χ2v) is 6.38. The molecule has 0 aliphatic carbocycles. The van der Waals surface area contributed by atoms with Gasteiger partial charge >= 0.3 is 0 Å². The van der Waals surface area contributed by atoms with E-state index in [0.717, 1.165) is 17.8 Å². The van der Waals surface area contributed by atoms with Crippen LogP contribution < -0.4 is 5.32 Å². The van der Waals surface area contributed by atoms with Crippen LogP contribution in [0.3, 0.4) is 0 Å². The highest BCUT2D eigenvalue weighted by Gasteiger charge is 2.18. The van der Waals surface area contributed by atoms with Crippen LogP contribution in [-0.2, 0) is 0 Å². The van der Waals surface area contributed by atoms with E-state index in [-0.39, 0.29) is 0 Å². The van der Waals surface area contributed by atoms with Crippen LogP contribution in [0.4, 0.5) is 0 Å². The summed E-state index contributed by atoms with van der Waals surface area (Å²) in [4.78, 5) is 0. The summed E-state index contributed by atoms with van der Waals surface area (Å²) in [7, 11) is 0. The lowest BCUT2D eigenvalue weighted by molar-refractivity contribution is 0.285. The minimum atomic E-state index is 0.683. The van der Waals surface area contributed by atoms with Crippen LogP contribution in [0.15, 0.2) is 0 Å². The Morgan fingerprint density at radius 3 is 1.50 bits per heavy atom. The van der Waals surface area contributed by atoms with Crippen molar-refractivity contribution in [1.29, 1.82) is 0 Å². The summed E-state index contributed by atoms with van der Waals surface area (Å²) in [6.45, 7) is 16.2. The van der Waals surface area contributed by atoms with E-state index in [1.165, 1.54) is 19.3 Å². The maximum absolute atomic E-state index is 3.87. The molecule has 1 nitrogen and oxygen atoms in total. The number of nitrogens with one attached hydrogen (secondary N) is 1. The summed E-state index contributed by atoms with van der Waals surface area (Å²) >= 11 is 0. The molecule has 0 amide bonds. The van der Waals surface area contributed by atoms with Crippen LogP contribution >= 0.6 is 0 Å². The van der Waals surface area contributed by atoms with Gasteiger partial charge < -0.3 is 5.32 Å². The van der Waals surface area contributed by atoms with Crippen LogP contribution in [0, 0.1) is 17.8 Å². The Hall–Kier alpha value is -0.0400. The van der Waals surface area contributed by atoms with Gasteiger partial charge in [-0.1, -0.05) is 48.5 Å². The van der Waals surface area contributed by atoms with Gasteiger partial charge in [-0.2, -0.15) is 0 Å². The molecule has 98 valence electrons. The maximum atomic E-state index is 3.87. The molecular formula is C15H33N. The van der Waals surface area contributed by atoms with E-state index < -0.39 is 0 Å². The highest BCUT2D eigenvalue weighted by Crippen LogP contribution is 2.16. The lowest BCUT2D eigenvalue weighted by Gasteiger charge is -2.30. The van der Waals surface area contributed by atoms with Crippen molar-refractivity contribution < 1.29 is 0 Å². The van der Waals surface area contributed by atoms with Crippen molar-refractivity contribution in [2.45, 2.75) is 79.8 Å². The fourth-order valence-electron chi connectivity index (χ4n) is 2.45. The summed E-state index contributed by atoms with van der Waals surface area (Å²) < 4.78 is 0. The van der Waals surface area contributed by atoms with Crippen molar-refractivity contribution in [2.75, 3.05) is 0 Å². The molecule has 1 atom stereocenters. The highest BCUT2D eigenvalue weighted by molar-refractivity contribution is 4.77. The summed E-state index contributed by atoms with van der Waals surface area (Å²) in [5.41, 5.74) is 0. The Morgan fingerprint density at radius 1 is 0.812 bits per heavy atom. The monoisotopic (exact) mass is 227 g/mol. The molecule has 0 saturated carbocycles. The molecule has 0 aromatic carbocycles. The molecule has 0 aliphatic rings. The van der Waals surface area contributed by atoms with Gasteiger partial charge in [0.05, 0.1) is 0 Å². The number of hydrogen-bond donors (Lipinski definition) is 1. The van der Waals surface area contributed by atoms with E-state index in [9.17, 15) is 0 Å². The molecule has 0 spiro atoms. The summed E-state index contributed by atoms with van der Waals surface area (Å²) in [5, 5.41) is 3.87. The molecule has 0 saturated heterocycles. The molecule has 0 aromatic heterocycles. The summed E-state index contributed by atoms with van der Waals surface area (Å²) in [5.74, 6) is 2.33. The molecule has 1 heteroatoms. The van der Waals surface area contributed by atoms with E-state index in [0.29, 0.717) is 12.1 Å². The standard InChI is InChI=1S/C15H33N/c1-8-15(13(6)7)16-14(9-11(2)3)10-12(4)5/h11-16H,8-10H2,1-7H3. The zero-order valence-electron chi connectivity index (χ0n) is 12.5. The van der Waals surface area contributed by atoms with Gasteiger partial charge in [-0.25, -0.2) is 0 Å². The van der Waals surface area contributed by atoms with Crippen molar-refractivity contribution >= 4 is 0 Å². The Balaban J connectivity index is 4.27. The van der Waals surface area contributed by atoms with Crippen LogP contribution in [-0.4, -0.2) is 12.1 Å². The van der Waals surface area contributed by atoms with Crippen molar-refractivity contribution in [3.63, 3.8) is 0 Å². The van der Waals surface area contributed by atoms with E-state index in [1.54, 1.807) is 0 Å². The maximum Gasteiger partial charge on any atom is 0.00900 e. The third-order valence-corrected chi connectivity index (χ3v) is 3.21. The predicted octanol–water partition coefficient (Wildman–Crippen LogP) is 4.47. The average molecular weight is 227 g/mol. The van der Waals surface area contributed by atoms with E-state index in [2.05, 4.69) is 53.8 Å². The molecule has 16 heavy (non-hydrogen) atoms. The minimum absolute atomic E-state index is 0.683. The second-order valence-electron chi connectivity index (χ2n) is 6.38. The topological polar surface area (TPSA) is 12.0 Å². The SMILES string of the molecule is CCC(NC(CC(C)C)CC(C)C)C(C)C. The van der Waals surface area contributed by atoms with Gasteiger partial charge in [0.15, 0.2) is 0 Å². The number of hydrogen-bond acceptors (Lipinski definition) is 1. The Morgan fingerprint density at radius 2 is 1.25 bits per heavy atom. The van der Waals surface area contributed by atoms with Crippen molar-refractivity contribution in [1.82, 2.24) is 5.32 Å². The third kappa shape index (κ3) is 7.27. The molecule has 1 N–H and O–H groups in total. The van der Waals surface area contributed by atoms with Gasteiger partial charge in [0.2, 0.25) is 0 Å². The normalized spacial score (nSPS) is 14.4. The van der Waals surface area contributed by atoms with Crippen molar-refractivity contribution in [2.24, 2.45) is 17.8 Å². The predicted molar refractivity (Wildman–Crippen MR) is 74.8 cm³/mol. The molecule has 0 radical (unpaired) electrons. The highest BCUT2D eigenvalue weighted by atomic mass is 15.0. The van der Waals surface area contributed by atoms with Gasteiger partial charge in [0.1, 0.15) is 0 Å². The lowest BCUT2D eigenvalue weighted by Crippen LogP contribution is -2.42. The largest absolute Gasteiger partial charge is 0.311 e. The first-order chi connectivity index (χ1) is 7.36. The van der Waals surface area contributed by atoms with Gasteiger partial charge in [0.25, 0.3) is 0 Å². The Bertz CT molecular complexity index is 151. The van der Waals surface area contributed by atoms with Crippen LogP contribution in [0.2, 0.25) is 0 Å². The average Bonchev–Trinajstić information content (AvgIpc) is 2.11. The Labute approximate surface area is 103 Å². The van der Waals surface area contributed by atoms with Gasteiger partial charge in [0, 0.05) is 12.1 Å². The molecule has 0 rings (SSSR count).